The van der Waals surface area contributed by atoms with E-state index >= 15 is 0 Å². The monoisotopic (exact) mass is 392 g/mol. The van der Waals surface area contributed by atoms with E-state index in [1.165, 1.54) is 16.8 Å². The Balaban J connectivity index is 1.45. The fourth-order valence-electron chi connectivity index (χ4n) is 3.99. The predicted molar refractivity (Wildman–Crippen MR) is 112 cm³/mol. The first-order valence-corrected chi connectivity index (χ1v) is 10.1. The molecule has 1 N–H and O–H groups in total. The van der Waals surface area contributed by atoms with Gasteiger partial charge in [-0.2, -0.15) is 5.10 Å². The zero-order chi connectivity index (χ0) is 20.4. The molecule has 1 unspecified atom stereocenters. The molecule has 1 amide bonds. The van der Waals surface area contributed by atoms with Crippen molar-refractivity contribution in [2.75, 3.05) is 7.05 Å². The fraction of sp³-hybridized carbons (Fsp3) is 0.391. The Hall–Kier alpha value is -2.86. The summed E-state index contributed by atoms with van der Waals surface area (Å²) in [5, 5.41) is 8.23. The molecule has 29 heavy (non-hydrogen) atoms. The minimum absolute atomic E-state index is 0.0579. The summed E-state index contributed by atoms with van der Waals surface area (Å²) in [5.41, 5.74) is 5.37. The third kappa shape index (κ3) is 4.27. The summed E-state index contributed by atoms with van der Waals surface area (Å²) in [6.07, 6.45) is 4.43. The first-order valence-electron chi connectivity index (χ1n) is 10.1. The van der Waals surface area contributed by atoms with Gasteiger partial charge in [0.25, 0.3) is 5.91 Å². The Morgan fingerprint density at radius 2 is 2.10 bits per heavy atom. The number of fused-ring (bicyclic) bond motifs is 1. The molecule has 0 bridgehead atoms. The average molecular weight is 393 g/mol. The molecule has 6 heteroatoms. The van der Waals surface area contributed by atoms with Crippen molar-refractivity contribution in [2.24, 2.45) is 7.05 Å². The number of nitrogens with zero attached hydrogens (tertiary/aromatic N) is 3. The molecule has 2 aromatic heterocycles. The molecule has 0 radical (unpaired) electrons. The van der Waals surface area contributed by atoms with E-state index in [0.717, 1.165) is 37.1 Å². The molecule has 0 saturated heterocycles. The van der Waals surface area contributed by atoms with Gasteiger partial charge in [0.15, 0.2) is 5.69 Å². The van der Waals surface area contributed by atoms with Gasteiger partial charge in [0.2, 0.25) is 0 Å². The highest BCUT2D eigenvalue weighted by Gasteiger charge is 2.29. The van der Waals surface area contributed by atoms with Gasteiger partial charge in [-0.1, -0.05) is 29.8 Å². The first kappa shape index (κ1) is 19.5. The lowest BCUT2D eigenvalue weighted by atomic mass is 9.91. The number of carbonyl (C=O) groups excluding carboxylic acids is 1. The van der Waals surface area contributed by atoms with Gasteiger partial charge < -0.3 is 14.6 Å². The van der Waals surface area contributed by atoms with Crippen LogP contribution in [0.4, 0.5) is 0 Å². The van der Waals surface area contributed by atoms with Crippen LogP contribution in [-0.2, 0) is 33.0 Å². The first-order chi connectivity index (χ1) is 14.0. The SMILES string of the molecule is Cc1ccc(CNC2CCc3c(c(C(=O)N(C)Cc4ccco4)nn3C)C2)cc1. The van der Waals surface area contributed by atoms with Gasteiger partial charge in [0.1, 0.15) is 5.76 Å². The minimum Gasteiger partial charge on any atom is -0.467 e. The quantitative estimate of drug-likeness (QED) is 0.700. The smallest absolute Gasteiger partial charge is 0.274 e. The van der Waals surface area contributed by atoms with Crippen LogP contribution >= 0.6 is 0 Å². The lowest BCUT2D eigenvalue weighted by Gasteiger charge is -2.25. The van der Waals surface area contributed by atoms with E-state index in [1.54, 1.807) is 18.2 Å². The summed E-state index contributed by atoms with van der Waals surface area (Å²) in [5.74, 6) is 0.709. The van der Waals surface area contributed by atoms with E-state index < -0.39 is 0 Å². The Morgan fingerprint density at radius 3 is 2.83 bits per heavy atom. The second-order valence-electron chi connectivity index (χ2n) is 7.94. The highest BCUT2D eigenvalue weighted by atomic mass is 16.3. The molecule has 2 heterocycles. The largest absolute Gasteiger partial charge is 0.467 e. The topological polar surface area (TPSA) is 63.3 Å². The number of hydrogen-bond donors (Lipinski definition) is 1. The molecule has 0 spiro atoms. The molecule has 0 fully saturated rings. The van der Waals surface area contributed by atoms with Crippen molar-refractivity contribution in [3.05, 3.63) is 76.5 Å². The summed E-state index contributed by atoms with van der Waals surface area (Å²) in [6, 6.07) is 12.7. The van der Waals surface area contributed by atoms with Crippen LogP contribution in [0.15, 0.2) is 47.1 Å². The number of hydrogen-bond acceptors (Lipinski definition) is 4. The van der Waals surface area contributed by atoms with Crippen molar-refractivity contribution >= 4 is 5.91 Å². The minimum atomic E-state index is -0.0579. The summed E-state index contributed by atoms with van der Waals surface area (Å²) in [7, 11) is 3.73. The Labute approximate surface area is 171 Å². The van der Waals surface area contributed by atoms with Gasteiger partial charge in [-0.15, -0.1) is 0 Å². The van der Waals surface area contributed by atoms with Crippen LogP contribution in [0, 0.1) is 6.92 Å². The molecular formula is C23H28N4O2. The van der Waals surface area contributed by atoms with Crippen molar-refractivity contribution in [1.82, 2.24) is 20.0 Å². The summed E-state index contributed by atoms with van der Waals surface area (Å²) < 4.78 is 7.25. The van der Waals surface area contributed by atoms with E-state index in [4.69, 9.17) is 4.42 Å². The van der Waals surface area contributed by atoms with Crippen molar-refractivity contribution in [2.45, 2.75) is 45.3 Å². The number of rotatable bonds is 6. The van der Waals surface area contributed by atoms with Gasteiger partial charge in [0, 0.05) is 37.9 Å². The highest BCUT2D eigenvalue weighted by molar-refractivity contribution is 5.94. The number of amides is 1. The van der Waals surface area contributed by atoms with Crippen LogP contribution in [0.3, 0.4) is 0 Å². The van der Waals surface area contributed by atoms with Crippen molar-refractivity contribution in [3.63, 3.8) is 0 Å². The maximum Gasteiger partial charge on any atom is 0.274 e. The Bertz CT molecular complexity index is 973. The number of carbonyl (C=O) groups is 1. The number of benzene rings is 1. The molecule has 1 aliphatic carbocycles. The molecule has 152 valence electrons. The maximum absolute atomic E-state index is 13.1. The van der Waals surface area contributed by atoms with Gasteiger partial charge >= 0.3 is 0 Å². The fourth-order valence-corrected chi connectivity index (χ4v) is 3.99. The van der Waals surface area contributed by atoms with Gasteiger partial charge in [-0.05, 0) is 43.9 Å². The lowest BCUT2D eigenvalue weighted by Crippen LogP contribution is -2.35. The number of aromatic nitrogens is 2. The van der Waals surface area contributed by atoms with Crippen molar-refractivity contribution < 1.29 is 9.21 Å². The molecule has 1 aromatic carbocycles. The van der Waals surface area contributed by atoms with Crippen molar-refractivity contribution in [1.29, 1.82) is 0 Å². The van der Waals surface area contributed by atoms with Crippen LogP contribution in [0.2, 0.25) is 0 Å². The molecule has 6 nitrogen and oxygen atoms in total. The van der Waals surface area contributed by atoms with E-state index in [0.29, 0.717) is 18.3 Å². The van der Waals surface area contributed by atoms with Crippen LogP contribution in [0.5, 0.6) is 0 Å². The Kier molecular flexibility index (Phi) is 5.53. The van der Waals surface area contributed by atoms with Crippen LogP contribution in [-0.4, -0.2) is 33.7 Å². The third-order valence-corrected chi connectivity index (χ3v) is 5.69. The van der Waals surface area contributed by atoms with E-state index in [9.17, 15) is 4.79 Å². The normalized spacial score (nSPS) is 15.9. The average Bonchev–Trinajstić information content (AvgIpc) is 3.34. The van der Waals surface area contributed by atoms with E-state index in [2.05, 4.69) is 41.6 Å². The zero-order valence-electron chi connectivity index (χ0n) is 17.3. The van der Waals surface area contributed by atoms with Gasteiger partial charge in [-0.3, -0.25) is 9.48 Å². The van der Waals surface area contributed by atoms with Gasteiger partial charge in [0.05, 0.1) is 12.8 Å². The van der Waals surface area contributed by atoms with Gasteiger partial charge in [-0.25, -0.2) is 0 Å². The second kappa shape index (κ2) is 8.25. The predicted octanol–water partition coefficient (Wildman–Crippen LogP) is 3.24. The number of nitrogens with one attached hydrogen (secondary N) is 1. The Morgan fingerprint density at radius 1 is 1.31 bits per heavy atom. The van der Waals surface area contributed by atoms with E-state index in [-0.39, 0.29) is 5.91 Å². The second-order valence-corrected chi connectivity index (χ2v) is 7.94. The molecule has 0 aliphatic heterocycles. The summed E-state index contributed by atoms with van der Waals surface area (Å²) in [6.45, 7) is 3.37. The third-order valence-electron chi connectivity index (χ3n) is 5.69. The van der Waals surface area contributed by atoms with Crippen LogP contribution in [0.1, 0.15) is 45.1 Å². The summed E-state index contributed by atoms with van der Waals surface area (Å²) in [4.78, 5) is 14.7. The summed E-state index contributed by atoms with van der Waals surface area (Å²) >= 11 is 0. The van der Waals surface area contributed by atoms with E-state index in [1.807, 2.05) is 23.9 Å². The standard InChI is InChI=1S/C23H28N4O2/c1-16-6-8-17(9-7-16)14-24-18-10-11-21-20(13-18)22(25-27(21)3)23(28)26(2)15-19-5-4-12-29-19/h4-9,12,18,24H,10-11,13-15H2,1-3H3. The van der Waals surface area contributed by atoms with Crippen LogP contribution < -0.4 is 5.32 Å². The molecule has 4 rings (SSSR count). The molecule has 3 aromatic rings. The molecule has 1 aliphatic rings. The number of aryl methyl sites for hydroxylation is 2. The highest BCUT2D eigenvalue weighted by Crippen LogP contribution is 2.26. The molecule has 1 atom stereocenters. The molecule has 0 saturated carbocycles. The lowest BCUT2D eigenvalue weighted by molar-refractivity contribution is 0.0767. The van der Waals surface area contributed by atoms with Crippen molar-refractivity contribution in [3.8, 4) is 0 Å². The van der Waals surface area contributed by atoms with Crippen LogP contribution in [0.25, 0.3) is 0 Å². The maximum atomic E-state index is 13.1. The number of furan rings is 1. The zero-order valence-corrected chi connectivity index (χ0v) is 17.3. The molecular weight excluding hydrogens is 364 g/mol.